The van der Waals surface area contributed by atoms with Crippen molar-refractivity contribution in [3.05, 3.63) is 32.8 Å². The first-order chi connectivity index (χ1) is 7.43. The second-order valence-corrected chi connectivity index (χ2v) is 3.68. The van der Waals surface area contributed by atoms with E-state index in [1.165, 1.54) is 13.1 Å². The van der Waals surface area contributed by atoms with E-state index in [2.05, 4.69) is 0 Å². The second-order valence-electron chi connectivity index (χ2n) is 3.27. The average Bonchev–Trinajstić information content (AvgIpc) is 2.43. The Balaban J connectivity index is 2.70. The van der Waals surface area contributed by atoms with E-state index in [-0.39, 0.29) is 16.3 Å². The van der Waals surface area contributed by atoms with Crippen LogP contribution in [-0.2, 0) is 4.79 Å². The summed E-state index contributed by atoms with van der Waals surface area (Å²) in [5, 5.41) is 10.5. The number of Topliss-reactive ketones (excluding diaryl/α,β-unsaturated/α-hetero) is 1. The predicted octanol–water partition coefficient (Wildman–Crippen LogP) is 1.41. The van der Waals surface area contributed by atoms with Gasteiger partial charge in [0.1, 0.15) is 5.02 Å². The summed E-state index contributed by atoms with van der Waals surface area (Å²) in [5.41, 5.74) is -0.0638. The van der Waals surface area contributed by atoms with Gasteiger partial charge in [0.25, 0.3) is 17.4 Å². The van der Waals surface area contributed by atoms with Crippen LogP contribution in [0.3, 0.4) is 0 Å². The van der Waals surface area contributed by atoms with Crippen molar-refractivity contribution in [3.8, 4) is 0 Å². The molecule has 16 heavy (non-hydrogen) atoms. The van der Waals surface area contributed by atoms with Gasteiger partial charge in [-0.3, -0.25) is 19.7 Å². The number of ketones is 1. The molecule has 0 radical (unpaired) electrons. The number of benzene rings is 1. The highest BCUT2D eigenvalue weighted by atomic mass is 35.5. The molecule has 0 aromatic heterocycles. The number of carbonyl (C=O) groups excluding carboxylic acids is 2. The molecule has 1 aliphatic rings. The molecular formula is C9H5ClN2O4. The van der Waals surface area contributed by atoms with Crippen LogP contribution in [0, 0.1) is 10.1 Å². The van der Waals surface area contributed by atoms with Crippen LogP contribution in [0.1, 0.15) is 10.4 Å². The molecule has 1 aromatic carbocycles. The number of hydrogen-bond donors (Lipinski definition) is 0. The zero-order valence-electron chi connectivity index (χ0n) is 8.06. The van der Waals surface area contributed by atoms with Gasteiger partial charge < -0.3 is 4.90 Å². The molecule has 0 aliphatic carbocycles. The van der Waals surface area contributed by atoms with Gasteiger partial charge in [-0.15, -0.1) is 0 Å². The van der Waals surface area contributed by atoms with Crippen molar-refractivity contribution in [1.82, 2.24) is 0 Å². The topological polar surface area (TPSA) is 80.5 Å². The van der Waals surface area contributed by atoms with Gasteiger partial charge in [-0.05, 0) is 6.07 Å². The SMILES string of the molecule is CN1C(=O)C(=O)c2cc([N+](=O)[O-])c(Cl)cc21. The van der Waals surface area contributed by atoms with Gasteiger partial charge in [-0.2, -0.15) is 0 Å². The first kappa shape index (κ1) is 10.6. The van der Waals surface area contributed by atoms with Crippen LogP contribution in [0.5, 0.6) is 0 Å². The third kappa shape index (κ3) is 1.27. The molecule has 7 heteroatoms. The van der Waals surface area contributed by atoms with Gasteiger partial charge in [0, 0.05) is 13.1 Å². The van der Waals surface area contributed by atoms with Crippen LogP contribution in [-0.4, -0.2) is 23.7 Å². The Labute approximate surface area is 94.6 Å². The number of halogens is 1. The minimum Gasteiger partial charge on any atom is -0.308 e. The number of nitro benzene ring substituents is 1. The van der Waals surface area contributed by atoms with Crippen molar-refractivity contribution in [1.29, 1.82) is 0 Å². The van der Waals surface area contributed by atoms with Crippen LogP contribution >= 0.6 is 11.6 Å². The predicted molar refractivity (Wildman–Crippen MR) is 55.8 cm³/mol. The fourth-order valence-electron chi connectivity index (χ4n) is 1.53. The van der Waals surface area contributed by atoms with Crippen molar-refractivity contribution in [2.45, 2.75) is 0 Å². The largest absolute Gasteiger partial charge is 0.308 e. The smallest absolute Gasteiger partial charge is 0.299 e. The number of fused-ring (bicyclic) bond motifs is 1. The Hall–Kier alpha value is -1.95. The fraction of sp³-hybridized carbons (Fsp3) is 0.111. The van der Waals surface area contributed by atoms with Crippen molar-refractivity contribution in [2.75, 3.05) is 11.9 Å². The molecule has 0 N–H and O–H groups in total. The van der Waals surface area contributed by atoms with Crippen molar-refractivity contribution in [2.24, 2.45) is 0 Å². The summed E-state index contributed by atoms with van der Waals surface area (Å²) in [7, 11) is 1.41. The summed E-state index contributed by atoms with van der Waals surface area (Å²) in [6.45, 7) is 0. The van der Waals surface area contributed by atoms with Crippen molar-refractivity contribution < 1.29 is 14.5 Å². The Morgan fingerprint density at radius 2 is 2.00 bits per heavy atom. The maximum absolute atomic E-state index is 11.4. The number of amides is 1. The van der Waals surface area contributed by atoms with E-state index < -0.39 is 16.6 Å². The van der Waals surface area contributed by atoms with Crippen LogP contribution in [0.4, 0.5) is 11.4 Å². The molecule has 0 atom stereocenters. The molecule has 0 bridgehead atoms. The van der Waals surface area contributed by atoms with E-state index in [9.17, 15) is 19.7 Å². The highest BCUT2D eigenvalue weighted by molar-refractivity contribution is 6.52. The maximum Gasteiger partial charge on any atom is 0.299 e. The lowest BCUT2D eigenvalue weighted by molar-refractivity contribution is -0.384. The number of likely N-dealkylation sites (N-methyl/N-ethyl adjacent to an activating group) is 1. The number of anilines is 1. The summed E-state index contributed by atoms with van der Waals surface area (Å²) in [6.07, 6.45) is 0. The van der Waals surface area contributed by atoms with E-state index in [0.717, 1.165) is 11.0 Å². The quantitative estimate of drug-likeness (QED) is 0.422. The van der Waals surface area contributed by atoms with Gasteiger partial charge in [0.15, 0.2) is 0 Å². The lowest BCUT2D eigenvalue weighted by Gasteiger charge is -2.08. The molecule has 6 nitrogen and oxygen atoms in total. The zero-order valence-corrected chi connectivity index (χ0v) is 8.82. The van der Waals surface area contributed by atoms with Crippen molar-refractivity contribution >= 4 is 34.7 Å². The van der Waals surface area contributed by atoms with Gasteiger partial charge in [-0.25, -0.2) is 0 Å². The molecule has 2 rings (SSSR count). The summed E-state index contributed by atoms with van der Waals surface area (Å²) in [4.78, 5) is 33.8. The summed E-state index contributed by atoms with van der Waals surface area (Å²) in [5.74, 6) is -1.47. The van der Waals surface area contributed by atoms with Crippen molar-refractivity contribution in [3.63, 3.8) is 0 Å². The molecule has 82 valence electrons. The second kappa shape index (κ2) is 3.28. The molecule has 1 amide bonds. The van der Waals surface area contributed by atoms with Crippen LogP contribution < -0.4 is 4.90 Å². The molecule has 0 spiro atoms. The minimum absolute atomic E-state index is 0.0172. The van der Waals surface area contributed by atoms with Crippen LogP contribution in [0.2, 0.25) is 5.02 Å². The fourth-order valence-corrected chi connectivity index (χ4v) is 1.75. The van der Waals surface area contributed by atoms with Gasteiger partial charge in [0.2, 0.25) is 0 Å². The lowest BCUT2D eigenvalue weighted by atomic mass is 10.1. The molecule has 0 saturated heterocycles. The maximum atomic E-state index is 11.4. The van der Waals surface area contributed by atoms with E-state index in [1.807, 2.05) is 0 Å². The van der Waals surface area contributed by atoms with Gasteiger partial charge in [0.05, 0.1) is 16.2 Å². The number of hydrogen-bond acceptors (Lipinski definition) is 4. The van der Waals surface area contributed by atoms with E-state index in [4.69, 9.17) is 11.6 Å². The number of rotatable bonds is 1. The van der Waals surface area contributed by atoms with Crippen LogP contribution in [0.15, 0.2) is 12.1 Å². The Kier molecular flexibility index (Phi) is 2.16. The third-order valence-corrected chi connectivity index (χ3v) is 2.67. The highest BCUT2D eigenvalue weighted by Crippen LogP contribution is 2.36. The molecule has 1 aliphatic heterocycles. The minimum atomic E-state index is -0.753. The lowest BCUT2D eigenvalue weighted by Crippen LogP contribution is -2.24. The Morgan fingerprint density at radius 1 is 1.38 bits per heavy atom. The Morgan fingerprint density at radius 3 is 2.56 bits per heavy atom. The zero-order chi connectivity index (χ0) is 12.0. The average molecular weight is 241 g/mol. The third-order valence-electron chi connectivity index (χ3n) is 2.37. The molecule has 0 fully saturated rings. The van der Waals surface area contributed by atoms with E-state index in [1.54, 1.807) is 0 Å². The van der Waals surface area contributed by atoms with Gasteiger partial charge >= 0.3 is 0 Å². The number of carbonyl (C=O) groups is 2. The first-order valence-corrected chi connectivity index (χ1v) is 4.61. The Bertz CT molecular complexity index is 541. The van der Waals surface area contributed by atoms with E-state index in [0.29, 0.717) is 5.69 Å². The highest BCUT2D eigenvalue weighted by Gasteiger charge is 2.35. The summed E-state index contributed by atoms with van der Waals surface area (Å²) >= 11 is 5.67. The molecule has 1 heterocycles. The van der Waals surface area contributed by atoms with Crippen LogP contribution in [0.25, 0.3) is 0 Å². The standard InChI is InChI=1S/C9H5ClN2O4/c1-11-6-3-5(10)7(12(15)16)2-4(6)8(13)9(11)14/h2-3H,1H3. The molecular weight excluding hydrogens is 236 g/mol. The monoisotopic (exact) mass is 240 g/mol. The molecule has 1 aromatic rings. The number of nitro groups is 1. The normalized spacial score (nSPS) is 14.2. The molecule has 0 unspecified atom stereocenters. The first-order valence-electron chi connectivity index (χ1n) is 4.24. The van der Waals surface area contributed by atoms with Gasteiger partial charge in [-0.1, -0.05) is 11.6 Å². The molecule has 0 saturated carbocycles. The summed E-state index contributed by atoms with van der Waals surface area (Å²) in [6, 6.07) is 2.28. The number of nitrogens with zero attached hydrogens (tertiary/aromatic N) is 2. The summed E-state index contributed by atoms with van der Waals surface area (Å²) < 4.78 is 0. The van der Waals surface area contributed by atoms with E-state index >= 15 is 0 Å².